The summed E-state index contributed by atoms with van der Waals surface area (Å²) in [6, 6.07) is 15.3. The number of carbonyl (C=O) groups is 2. The number of rotatable bonds is 9. The second-order valence-electron chi connectivity index (χ2n) is 6.29. The fourth-order valence-corrected chi connectivity index (χ4v) is 2.86. The van der Waals surface area contributed by atoms with Crippen LogP contribution in [0.2, 0.25) is 0 Å². The first-order valence-corrected chi connectivity index (χ1v) is 8.98. The number of carbonyl (C=O) groups excluding carboxylic acids is 2. The Labute approximate surface area is 155 Å². The van der Waals surface area contributed by atoms with Crippen LogP contribution in [0.15, 0.2) is 48.5 Å². The van der Waals surface area contributed by atoms with E-state index in [0.717, 1.165) is 25.7 Å². The second-order valence-corrected chi connectivity index (χ2v) is 6.29. The summed E-state index contributed by atoms with van der Waals surface area (Å²) in [5.74, 6) is -0.590. The van der Waals surface area contributed by atoms with Gasteiger partial charge in [-0.3, -0.25) is 0 Å². The molecule has 4 nitrogen and oxygen atoms in total. The van der Waals surface area contributed by atoms with Gasteiger partial charge in [0.05, 0.1) is 25.3 Å². The third kappa shape index (κ3) is 6.03. The molecule has 0 bridgehead atoms. The van der Waals surface area contributed by atoms with Gasteiger partial charge in [-0.05, 0) is 61.1 Å². The van der Waals surface area contributed by atoms with Crippen molar-refractivity contribution >= 4 is 11.9 Å². The summed E-state index contributed by atoms with van der Waals surface area (Å²) in [5, 5.41) is 0. The summed E-state index contributed by atoms with van der Waals surface area (Å²) in [6.45, 7) is 0. The van der Waals surface area contributed by atoms with E-state index in [2.05, 4.69) is 0 Å². The van der Waals surface area contributed by atoms with Crippen LogP contribution < -0.4 is 0 Å². The Bertz CT molecular complexity index is 638. The minimum absolute atomic E-state index is 0.295. The lowest BCUT2D eigenvalue weighted by atomic mass is 10.0. The first kappa shape index (κ1) is 19.7. The number of methoxy groups -OCH3 is 2. The van der Waals surface area contributed by atoms with Gasteiger partial charge >= 0.3 is 11.9 Å². The lowest BCUT2D eigenvalue weighted by Gasteiger charge is -2.05. The van der Waals surface area contributed by atoms with Gasteiger partial charge in [-0.1, -0.05) is 37.1 Å². The van der Waals surface area contributed by atoms with Crippen LogP contribution in [0, 0.1) is 0 Å². The van der Waals surface area contributed by atoms with E-state index in [0.29, 0.717) is 11.1 Å². The zero-order valence-electron chi connectivity index (χ0n) is 15.5. The molecule has 138 valence electrons. The van der Waals surface area contributed by atoms with Gasteiger partial charge in [0.15, 0.2) is 0 Å². The Morgan fingerprint density at radius 1 is 0.615 bits per heavy atom. The zero-order chi connectivity index (χ0) is 18.8. The van der Waals surface area contributed by atoms with Gasteiger partial charge in [-0.15, -0.1) is 0 Å². The van der Waals surface area contributed by atoms with Crippen molar-refractivity contribution < 1.29 is 19.1 Å². The molecule has 0 saturated carbocycles. The molecule has 0 aliphatic carbocycles. The number of hydrogen-bond donors (Lipinski definition) is 0. The Balaban J connectivity index is 1.63. The van der Waals surface area contributed by atoms with Gasteiger partial charge in [-0.2, -0.15) is 0 Å². The lowest BCUT2D eigenvalue weighted by Crippen LogP contribution is -2.01. The minimum atomic E-state index is -0.295. The molecule has 2 aromatic rings. The van der Waals surface area contributed by atoms with Gasteiger partial charge in [-0.25, -0.2) is 9.59 Å². The van der Waals surface area contributed by atoms with Crippen LogP contribution in [0.4, 0.5) is 0 Å². The van der Waals surface area contributed by atoms with Crippen LogP contribution in [0.1, 0.15) is 57.5 Å². The largest absolute Gasteiger partial charge is 0.465 e. The number of aryl methyl sites for hydroxylation is 2. The highest BCUT2D eigenvalue weighted by atomic mass is 16.5. The summed E-state index contributed by atoms with van der Waals surface area (Å²) < 4.78 is 9.40. The molecule has 0 aliphatic heterocycles. The number of benzene rings is 2. The van der Waals surface area contributed by atoms with Crippen molar-refractivity contribution in [3.63, 3.8) is 0 Å². The summed E-state index contributed by atoms with van der Waals surface area (Å²) >= 11 is 0. The van der Waals surface area contributed by atoms with Crippen molar-refractivity contribution in [1.29, 1.82) is 0 Å². The average Bonchev–Trinajstić information content (AvgIpc) is 2.70. The predicted molar refractivity (Wildman–Crippen MR) is 101 cm³/mol. The Hall–Kier alpha value is -2.62. The Kier molecular flexibility index (Phi) is 7.87. The standard InChI is InChI=1S/C22H26O4/c1-25-21(23)19-13-9-17(10-14-19)7-5-3-4-6-8-18-11-15-20(16-12-18)22(24)26-2/h9-16H,3-8H2,1-2H3. The highest BCUT2D eigenvalue weighted by Crippen LogP contribution is 2.13. The highest BCUT2D eigenvalue weighted by molar-refractivity contribution is 5.89. The van der Waals surface area contributed by atoms with Gasteiger partial charge in [0, 0.05) is 0 Å². The van der Waals surface area contributed by atoms with Crippen LogP contribution in [0.3, 0.4) is 0 Å². The first-order chi connectivity index (χ1) is 12.6. The van der Waals surface area contributed by atoms with E-state index in [-0.39, 0.29) is 11.9 Å². The summed E-state index contributed by atoms with van der Waals surface area (Å²) in [7, 11) is 2.79. The maximum absolute atomic E-state index is 11.4. The van der Waals surface area contributed by atoms with Crippen molar-refractivity contribution in [3.8, 4) is 0 Å². The quantitative estimate of drug-likeness (QED) is 0.488. The summed E-state index contributed by atoms with van der Waals surface area (Å²) in [5.41, 5.74) is 3.68. The highest BCUT2D eigenvalue weighted by Gasteiger charge is 2.05. The summed E-state index contributed by atoms with van der Waals surface area (Å²) in [4.78, 5) is 22.8. The molecule has 0 aliphatic rings. The Morgan fingerprint density at radius 2 is 0.962 bits per heavy atom. The first-order valence-electron chi connectivity index (χ1n) is 8.98. The number of hydrogen-bond acceptors (Lipinski definition) is 4. The third-order valence-electron chi connectivity index (χ3n) is 4.43. The molecular weight excluding hydrogens is 328 g/mol. The lowest BCUT2D eigenvalue weighted by molar-refractivity contribution is 0.0592. The fraction of sp³-hybridized carbons (Fsp3) is 0.364. The SMILES string of the molecule is COC(=O)c1ccc(CCCCCCc2ccc(C(=O)OC)cc2)cc1. The number of esters is 2. The van der Waals surface area contributed by atoms with Gasteiger partial charge < -0.3 is 9.47 Å². The van der Waals surface area contributed by atoms with E-state index in [1.807, 2.05) is 48.5 Å². The topological polar surface area (TPSA) is 52.6 Å². The van der Waals surface area contributed by atoms with Crippen LogP contribution in [-0.2, 0) is 22.3 Å². The second kappa shape index (κ2) is 10.4. The van der Waals surface area contributed by atoms with E-state index in [9.17, 15) is 9.59 Å². The molecule has 0 spiro atoms. The predicted octanol–water partition coefficient (Wildman–Crippen LogP) is 4.61. The molecule has 4 heteroatoms. The van der Waals surface area contributed by atoms with Gasteiger partial charge in [0.25, 0.3) is 0 Å². The molecule has 0 N–H and O–H groups in total. The van der Waals surface area contributed by atoms with Crippen molar-refractivity contribution in [2.45, 2.75) is 38.5 Å². The molecule has 0 unspecified atom stereocenters. The third-order valence-corrected chi connectivity index (χ3v) is 4.43. The molecule has 0 amide bonds. The maximum Gasteiger partial charge on any atom is 0.337 e. The summed E-state index contributed by atoms with van der Waals surface area (Å²) in [6.07, 6.45) is 6.68. The zero-order valence-corrected chi connectivity index (χ0v) is 15.5. The molecule has 2 aromatic carbocycles. The van der Waals surface area contributed by atoms with Gasteiger partial charge in [0.1, 0.15) is 0 Å². The number of unbranched alkanes of at least 4 members (excludes halogenated alkanes) is 3. The average molecular weight is 354 g/mol. The van der Waals surface area contributed by atoms with E-state index in [1.54, 1.807) is 0 Å². The molecular formula is C22H26O4. The van der Waals surface area contributed by atoms with Crippen molar-refractivity contribution in [1.82, 2.24) is 0 Å². The molecule has 0 saturated heterocycles. The van der Waals surface area contributed by atoms with E-state index < -0.39 is 0 Å². The molecule has 0 radical (unpaired) electrons. The van der Waals surface area contributed by atoms with Crippen molar-refractivity contribution in [2.75, 3.05) is 14.2 Å². The fourth-order valence-electron chi connectivity index (χ4n) is 2.86. The smallest absolute Gasteiger partial charge is 0.337 e. The molecule has 0 heterocycles. The van der Waals surface area contributed by atoms with Crippen LogP contribution in [0.25, 0.3) is 0 Å². The minimum Gasteiger partial charge on any atom is -0.465 e. The van der Waals surface area contributed by atoms with Crippen LogP contribution >= 0.6 is 0 Å². The Morgan fingerprint density at radius 3 is 1.27 bits per heavy atom. The van der Waals surface area contributed by atoms with Crippen LogP contribution in [-0.4, -0.2) is 26.2 Å². The van der Waals surface area contributed by atoms with Crippen molar-refractivity contribution in [2.24, 2.45) is 0 Å². The molecule has 0 fully saturated rings. The molecule has 2 rings (SSSR count). The molecule has 0 atom stereocenters. The molecule has 0 aromatic heterocycles. The van der Waals surface area contributed by atoms with Crippen molar-refractivity contribution in [3.05, 3.63) is 70.8 Å². The van der Waals surface area contributed by atoms with Gasteiger partial charge in [0.2, 0.25) is 0 Å². The van der Waals surface area contributed by atoms with E-state index in [4.69, 9.17) is 9.47 Å². The van der Waals surface area contributed by atoms with Crippen LogP contribution in [0.5, 0.6) is 0 Å². The molecule has 26 heavy (non-hydrogen) atoms. The maximum atomic E-state index is 11.4. The van der Waals surface area contributed by atoms with E-state index >= 15 is 0 Å². The monoisotopic (exact) mass is 354 g/mol. The normalized spacial score (nSPS) is 10.4. The van der Waals surface area contributed by atoms with E-state index in [1.165, 1.54) is 38.2 Å². The number of ether oxygens (including phenoxy) is 2.